The van der Waals surface area contributed by atoms with Gasteiger partial charge < -0.3 is 4.74 Å². The second-order valence-corrected chi connectivity index (χ2v) is 2.80. The molecule has 1 rings (SSSR count). The van der Waals surface area contributed by atoms with Gasteiger partial charge in [0.2, 0.25) is 5.91 Å². The molecule has 2 N–H and O–H groups in total. The molecule has 64 valence electrons. The highest BCUT2D eigenvalue weighted by Crippen LogP contribution is 2.19. The fourth-order valence-corrected chi connectivity index (χ4v) is 1.35. The molecule has 0 spiro atoms. The smallest absolute Gasteiger partial charge is 0.249 e. The lowest BCUT2D eigenvalue weighted by Gasteiger charge is -2.26. The molecule has 1 amide bonds. The molecular weight excluding hydrogens is 146 g/mol. The Kier molecular flexibility index (Phi) is 2.84. The predicted molar refractivity (Wildman–Crippen MR) is 38.1 cm³/mol. The third kappa shape index (κ3) is 1.91. The van der Waals surface area contributed by atoms with Crippen LogP contribution in [0.2, 0.25) is 0 Å². The minimum atomic E-state index is -0.336. The molecule has 11 heavy (non-hydrogen) atoms. The van der Waals surface area contributed by atoms with E-state index >= 15 is 0 Å². The average molecular weight is 159 g/mol. The first kappa shape index (κ1) is 8.49. The van der Waals surface area contributed by atoms with Crippen LogP contribution in [0.1, 0.15) is 19.8 Å². The van der Waals surface area contributed by atoms with Crippen LogP contribution in [0.15, 0.2) is 0 Å². The van der Waals surface area contributed by atoms with E-state index in [1.807, 2.05) is 6.92 Å². The van der Waals surface area contributed by atoms with Crippen molar-refractivity contribution in [3.05, 3.63) is 0 Å². The van der Waals surface area contributed by atoms with E-state index in [4.69, 9.17) is 9.94 Å². The van der Waals surface area contributed by atoms with Crippen LogP contribution >= 0.6 is 0 Å². The maximum atomic E-state index is 10.9. The lowest BCUT2D eigenvalue weighted by atomic mass is 9.95. The first-order valence-corrected chi connectivity index (χ1v) is 3.81. The fourth-order valence-electron chi connectivity index (χ4n) is 1.35. The average Bonchev–Trinajstić information content (AvgIpc) is 2.04. The van der Waals surface area contributed by atoms with Gasteiger partial charge in [0.05, 0.1) is 12.0 Å². The zero-order chi connectivity index (χ0) is 8.27. The highest BCUT2D eigenvalue weighted by atomic mass is 16.5. The Balaban J connectivity index is 2.47. The summed E-state index contributed by atoms with van der Waals surface area (Å²) in [5, 5.41) is 8.35. The number of hydrogen-bond donors (Lipinski definition) is 2. The minimum Gasteiger partial charge on any atom is -0.378 e. The first-order chi connectivity index (χ1) is 5.25. The van der Waals surface area contributed by atoms with Crippen molar-refractivity contribution in [1.29, 1.82) is 0 Å². The Labute approximate surface area is 65.5 Å². The second-order valence-electron chi connectivity index (χ2n) is 2.80. The van der Waals surface area contributed by atoms with Crippen LogP contribution in [0.3, 0.4) is 0 Å². The molecule has 0 saturated carbocycles. The lowest BCUT2D eigenvalue weighted by molar-refractivity contribution is -0.141. The molecule has 2 atom stereocenters. The normalized spacial score (nSPS) is 31.5. The van der Waals surface area contributed by atoms with E-state index in [0.29, 0.717) is 0 Å². The van der Waals surface area contributed by atoms with Gasteiger partial charge in [0.1, 0.15) is 0 Å². The van der Waals surface area contributed by atoms with Gasteiger partial charge in [0.25, 0.3) is 0 Å². The maximum Gasteiger partial charge on any atom is 0.249 e. The number of carbonyl (C=O) groups excluding carboxylic acids is 1. The van der Waals surface area contributed by atoms with Crippen molar-refractivity contribution >= 4 is 5.91 Å². The minimum absolute atomic E-state index is 0.0732. The Bertz CT molecular complexity index is 149. The van der Waals surface area contributed by atoms with Crippen LogP contribution in [0.25, 0.3) is 0 Å². The van der Waals surface area contributed by atoms with E-state index in [0.717, 1.165) is 19.4 Å². The summed E-state index contributed by atoms with van der Waals surface area (Å²) in [6.07, 6.45) is 1.62. The van der Waals surface area contributed by atoms with Crippen LogP contribution in [0, 0.1) is 5.92 Å². The van der Waals surface area contributed by atoms with Crippen molar-refractivity contribution in [2.24, 2.45) is 5.92 Å². The van der Waals surface area contributed by atoms with Gasteiger partial charge in [-0.2, -0.15) is 0 Å². The number of rotatable bonds is 1. The van der Waals surface area contributed by atoms with Crippen molar-refractivity contribution < 1.29 is 14.7 Å². The Morgan fingerprint density at radius 1 is 1.73 bits per heavy atom. The van der Waals surface area contributed by atoms with E-state index in [-0.39, 0.29) is 17.9 Å². The van der Waals surface area contributed by atoms with Crippen LogP contribution in [-0.4, -0.2) is 23.8 Å². The van der Waals surface area contributed by atoms with Crippen molar-refractivity contribution in [2.75, 3.05) is 6.61 Å². The van der Waals surface area contributed by atoms with Crippen LogP contribution in [0.4, 0.5) is 0 Å². The van der Waals surface area contributed by atoms with Gasteiger partial charge in [-0.15, -0.1) is 0 Å². The molecule has 1 fully saturated rings. The summed E-state index contributed by atoms with van der Waals surface area (Å²) in [6.45, 7) is 2.56. The molecule has 0 unspecified atom stereocenters. The second kappa shape index (κ2) is 3.69. The van der Waals surface area contributed by atoms with Crippen LogP contribution in [0.5, 0.6) is 0 Å². The lowest BCUT2D eigenvalue weighted by Crippen LogP contribution is -2.38. The summed E-state index contributed by atoms with van der Waals surface area (Å²) in [7, 11) is 0. The Morgan fingerprint density at radius 3 is 3.00 bits per heavy atom. The van der Waals surface area contributed by atoms with E-state index in [2.05, 4.69) is 0 Å². The summed E-state index contributed by atoms with van der Waals surface area (Å²) in [5.41, 5.74) is 1.65. The van der Waals surface area contributed by atoms with Gasteiger partial charge in [0, 0.05) is 6.61 Å². The quantitative estimate of drug-likeness (QED) is 0.427. The van der Waals surface area contributed by atoms with Gasteiger partial charge in [-0.05, 0) is 19.8 Å². The molecule has 4 heteroatoms. The fraction of sp³-hybridized carbons (Fsp3) is 0.857. The molecule has 1 aliphatic heterocycles. The number of amides is 1. The largest absolute Gasteiger partial charge is 0.378 e. The molecule has 0 bridgehead atoms. The third-order valence-corrected chi connectivity index (χ3v) is 2.05. The summed E-state index contributed by atoms with van der Waals surface area (Å²) >= 11 is 0. The highest BCUT2D eigenvalue weighted by molar-refractivity contribution is 5.78. The number of nitrogens with one attached hydrogen (secondary N) is 1. The number of hydroxylamine groups is 1. The molecule has 0 aromatic rings. The molecule has 0 aromatic carbocycles. The van der Waals surface area contributed by atoms with Gasteiger partial charge in [-0.1, -0.05) is 0 Å². The van der Waals surface area contributed by atoms with Gasteiger partial charge in [0.15, 0.2) is 0 Å². The highest BCUT2D eigenvalue weighted by Gasteiger charge is 2.28. The predicted octanol–water partition coefficient (Wildman–Crippen LogP) is 0.307. The van der Waals surface area contributed by atoms with Gasteiger partial charge in [-0.25, -0.2) is 5.48 Å². The SMILES string of the molecule is C[C@@H]1OCCC[C@@H]1C(=O)NO. The Hall–Kier alpha value is -0.610. The molecule has 0 radical (unpaired) electrons. The Morgan fingerprint density at radius 2 is 2.45 bits per heavy atom. The molecule has 4 nitrogen and oxygen atoms in total. The number of carbonyl (C=O) groups is 1. The molecule has 0 aromatic heterocycles. The van der Waals surface area contributed by atoms with Crippen LogP contribution in [-0.2, 0) is 9.53 Å². The molecule has 1 aliphatic rings. The molecule has 0 aliphatic carbocycles. The molecule has 1 saturated heterocycles. The molecular formula is C7H13NO3. The third-order valence-electron chi connectivity index (χ3n) is 2.05. The summed E-state index contributed by atoms with van der Waals surface area (Å²) < 4.78 is 5.24. The zero-order valence-corrected chi connectivity index (χ0v) is 6.54. The van der Waals surface area contributed by atoms with Crippen LogP contribution < -0.4 is 5.48 Å². The van der Waals surface area contributed by atoms with Gasteiger partial charge >= 0.3 is 0 Å². The zero-order valence-electron chi connectivity index (χ0n) is 6.54. The monoisotopic (exact) mass is 159 g/mol. The molecule has 1 heterocycles. The summed E-state index contributed by atoms with van der Waals surface area (Å²) in [5.74, 6) is -0.522. The van der Waals surface area contributed by atoms with Crippen molar-refractivity contribution in [2.45, 2.75) is 25.9 Å². The maximum absolute atomic E-state index is 10.9. The topological polar surface area (TPSA) is 58.6 Å². The van der Waals surface area contributed by atoms with Gasteiger partial charge in [-0.3, -0.25) is 10.0 Å². The summed E-state index contributed by atoms with van der Waals surface area (Å²) in [6, 6.07) is 0. The van der Waals surface area contributed by atoms with E-state index < -0.39 is 0 Å². The van der Waals surface area contributed by atoms with Crippen molar-refractivity contribution in [3.8, 4) is 0 Å². The number of hydrogen-bond acceptors (Lipinski definition) is 3. The summed E-state index contributed by atoms with van der Waals surface area (Å²) in [4.78, 5) is 10.9. The van der Waals surface area contributed by atoms with Crippen molar-refractivity contribution in [3.63, 3.8) is 0 Å². The van der Waals surface area contributed by atoms with Crippen molar-refractivity contribution in [1.82, 2.24) is 5.48 Å². The van der Waals surface area contributed by atoms with E-state index in [1.54, 1.807) is 5.48 Å². The standard InChI is InChI=1S/C7H13NO3/c1-5-6(7(9)8-10)3-2-4-11-5/h5-6,10H,2-4H2,1H3,(H,8,9)/t5-,6-/m0/s1. The van der Waals surface area contributed by atoms with E-state index in [1.165, 1.54) is 0 Å². The van der Waals surface area contributed by atoms with E-state index in [9.17, 15) is 4.79 Å². The number of ether oxygens (including phenoxy) is 1. The first-order valence-electron chi connectivity index (χ1n) is 3.81.